The molecule has 2 saturated carbocycles. The van der Waals surface area contributed by atoms with Crippen molar-refractivity contribution in [2.45, 2.75) is 49.7 Å². The molecule has 0 spiro atoms. The fraction of sp³-hybridized carbons (Fsp3) is 0.562. The van der Waals surface area contributed by atoms with Gasteiger partial charge in [0.25, 0.3) is 5.91 Å². The molecule has 0 atom stereocenters. The number of carbonyl (C=O) groups is 1. The lowest BCUT2D eigenvalue weighted by Crippen LogP contribution is -2.34. The minimum Gasteiger partial charge on any atom is -0.390 e. The molecule has 0 aromatic carbocycles. The number of fused-ring (bicyclic) bond motifs is 2. The number of primary amides is 1. The number of hydrogen-bond donors (Lipinski definition) is 4. The van der Waals surface area contributed by atoms with Crippen LogP contribution < -0.4 is 16.4 Å². The van der Waals surface area contributed by atoms with Crippen molar-refractivity contribution in [3.63, 3.8) is 0 Å². The lowest BCUT2D eigenvalue weighted by Gasteiger charge is -2.28. The molecule has 0 unspecified atom stereocenters. The fourth-order valence-electron chi connectivity index (χ4n) is 3.63. The van der Waals surface area contributed by atoms with E-state index in [4.69, 9.17) is 5.73 Å². The van der Waals surface area contributed by atoms with Crippen molar-refractivity contribution in [1.29, 1.82) is 0 Å². The average molecular weight is 317 g/mol. The molecule has 0 aliphatic heterocycles. The first-order valence-electron chi connectivity index (χ1n) is 7.98. The summed E-state index contributed by atoms with van der Waals surface area (Å²) in [5, 5.41) is 16.8. The summed E-state index contributed by atoms with van der Waals surface area (Å²) in [5.41, 5.74) is 4.97. The van der Waals surface area contributed by atoms with Crippen LogP contribution in [0.15, 0.2) is 18.9 Å². The fourth-order valence-corrected chi connectivity index (χ4v) is 3.63. The van der Waals surface area contributed by atoms with Gasteiger partial charge in [-0.1, -0.05) is 6.08 Å². The molecule has 1 heterocycles. The Morgan fingerprint density at radius 2 is 2.17 bits per heavy atom. The van der Waals surface area contributed by atoms with E-state index < -0.39 is 11.5 Å². The number of nitrogens with two attached hydrogens (primary N) is 1. The molecular weight excluding hydrogens is 294 g/mol. The summed E-state index contributed by atoms with van der Waals surface area (Å²) in [7, 11) is 0. The first-order valence-corrected chi connectivity index (χ1v) is 7.98. The molecule has 2 bridgehead atoms. The van der Waals surface area contributed by atoms with E-state index in [1.54, 1.807) is 6.08 Å². The highest BCUT2D eigenvalue weighted by molar-refractivity contribution is 5.97. The number of aromatic nitrogens is 2. The van der Waals surface area contributed by atoms with Crippen molar-refractivity contribution in [3.8, 4) is 0 Å². The summed E-state index contributed by atoms with van der Waals surface area (Å²) < 4.78 is 0. The highest BCUT2D eigenvalue weighted by Gasteiger charge is 2.53. The molecule has 124 valence electrons. The molecule has 1 amide bonds. The van der Waals surface area contributed by atoms with Crippen molar-refractivity contribution >= 4 is 17.7 Å². The smallest absolute Gasteiger partial charge is 0.254 e. The first kappa shape index (κ1) is 15.7. The molecule has 7 heteroatoms. The number of amides is 1. The van der Waals surface area contributed by atoms with Crippen molar-refractivity contribution in [1.82, 2.24) is 9.97 Å². The number of nitrogens with zero attached hydrogens (tertiary/aromatic N) is 2. The average Bonchev–Trinajstić information content (AvgIpc) is 3.00. The van der Waals surface area contributed by atoms with Crippen molar-refractivity contribution < 1.29 is 9.90 Å². The number of carbonyl (C=O) groups excluding carboxylic acids is 1. The van der Waals surface area contributed by atoms with Gasteiger partial charge >= 0.3 is 0 Å². The summed E-state index contributed by atoms with van der Waals surface area (Å²) in [6, 6.07) is 0. The van der Waals surface area contributed by atoms with Crippen molar-refractivity contribution in [2.24, 2.45) is 5.73 Å². The van der Waals surface area contributed by atoms with Crippen LogP contribution in [0.5, 0.6) is 0 Å². The van der Waals surface area contributed by atoms with E-state index in [0.717, 1.165) is 38.5 Å². The molecule has 2 aliphatic carbocycles. The molecule has 2 fully saturated rings. The minimum atomic E-state index is -0.563. The lowest BCUT2D eigenvalue weighted by atomic mass is 9.93. The Labute approximate surface area is 135 Å². The maximum Gasteiger partial charge on any atom is 0.254 e. The van der Waals surface area contributed by atoms with Gasteiger partial charge in [0.05, 0.1) is 11.2 Å². The number of anilines is 2. The summed E-state index contributed by atoms with van der Waals surface area (Å²) in [6.45, 7) is 4.28. The monoisotopic (exact) mass is 317 g/mol. The highest BCUT2D eigenvalue weighted by atomic mass is 16.3. The van der Waals surface area contributed by atoms with Crippen LogP contribution in [0, 0.1) is 0 Å². The Morgan fingerprint density at radius 1 is 1.43 bits per heavy atom. The maximum absolute atomic E-state index is 11.5. The Hall–Kier alpha value is -2.15. The number of rotatable bonds is 7. The van der Waals surface area contributed by atoms with Crippen LogP contribution in [-0.2, 0) is 0 Å². The van der Waals surface area contributed by atoms with Gasteiger partial charge in [0, 0.05) is 18.3 Å². The third-order valence-electron chi connectivity index (χ3n) is 4.88. The van der Waals surface area contributed by atoms with Gasteiger partial charge in [-0.05, 0) is 38.5 Å². The second-order valence-electron chi connectivity index (χ2n) is 6.63. The molecule has 1 aromatic heterocycles. The largest absolute Gasteiger partial charge is 0.390 e. The van der Waals surface area contributed by atoms with Crippen molar-refractivity contribution in [2.75, 3.05) is 17.2 Å². The normalized spacial score (nSPS) is 28.6. The Balaban J connectivity index is 1.79. The van der Waals surface area contributed by atoms with E-state index in [1.165, 1.54) is 6.20 Å². The van der Waals surface area contributed by atoms with Crippen LogP contribution in [0.1, 0.15) is 48.9 Å². The predicted octanol–water partition coefficient (Wildman–Crippen LogP) is 1.42. The third kappa shape index (κ3) is 3.14. The molecule has 1 aromatic rings. The second kappa shape index (κ2) is 5.81. The van der Waals surface area contributed by atoms with Crippen LogP contribution >= 0.6 is 0 Å². The second-order valence-corrected chi connectivity index (χ2v) is 6.63. The van der Waals surface area contributed by atoms with E-state index in [9.17, 15) is 9.90 Å². The highest BCUT2D eigenvalue weighted by Crippen LogP contribution is 2.51. The summed E-state index contributed by atoms with van der Waals surface area (Å²) in [6.07, 6.45) is 8.14. The van der Waals surface area contributed by atoms with Crippen LogP contribution in [0.25, 0.3) is 0 Å². The summed E-state index contributed by atoms with van der Waals surface area (Å²) in [4.78, 5) is 20.1. The molecule has 5 N–H and O–H groups in total. The van der Waals surface area contributed by atoms with Gasteiger partial charge < -0.3 is 21.5 Å². The zero-order valence-corrected chi connectivity index (χ0v) is 13.1. The van der Waals surface area contributed by atoms with Gasteiger partial charge in [-0.3, -0.25) is 4.79 Å². The van der Waals surface area contributed by atoms with Gasteiger partial charge in [0.15, 0.2) is 0 Å². The number of aliphatic hydroxyl groups is 1. The molecule has 23 heavy (non-hydrogen) atoms. The summed E-state index contributed by atoms with van der Waals surface area (Å²) in [5.74, 6) is 0.327. The van der Waals surface area contributed by atoms with E-state index in [2.05, 4.69) is 27.2 Å². The third-order valence-corrected chi connectivity index (χ3v) is 4.88. The quantitative estimate of drug-likeness (QED) is 0.447. The van der Waals surface area contributed by atoms with Gasteiger partial charge in [-0.15, -0.1) is 6.58 Å². The zero-order valence-electron chi connectivity index (χ0n) is 13.1. The molecule has 7 nitrogen and oxygen atoms in total. The van der Waals surface area contributed by atoms with Gasteiger partial charge in [-0.2, -0.15) is 4.98 Å². The molecule has 0 saturated heterocycles. The number of nitrogens with one attached hydrogen (secondary N) is 2. The summed E-state index contributed by atoms with van der Waals surface area (Å²) >= 11 is 0. The number of hydrogen-bond acceptors (Lipinski definition) is 6. The molecule has 2 aliphatic rings. The van der Waals surface area contributed by atoms with Crippen LogP contribution in [0.4, 0.5) is 11.8 Å². The Morgan fingerprint density at radius 3 is 2.74 bits per heavy atom. The lowest BCUT2D eigenvalue weighted by molar-refractivity contribution is 0.0521. The van der Waals surface area contributed by atoms with Gasteiger partial charge in [-0.25, -0.2) is 4.98 Å². The predicted molar refractivity (Wildman–Crippen MR) is 88.2 cm³/mol. The Kier molecular flexibility index (Phi) is 3.97. The first-order chi connectivity index (χ1) is 11.0. The maximum atomic E-state index is 11.5. The standard InChI is InChI=1S/C16H23N5O2/c1-2-3-8-18-13-11(12(17)22)9-19-14(20-13)21-15-4-6-16(23,10-15)7-5-15/h2,9,23H,1,3-8,10H2,(H2,17,22)(H2,18,19,20,21)/t15-,16-. The van der Waals surface area contributed by atoms with E-state index in [0.29, 0.717) is 18.3 Å². The van der Waals surface area contributed by atoms with Crippen molar-refractivity contribution in [3.05, 3.63) is 24.4 Å². The van der Waals surface area contributed by atoms with Crippen LogP contribution in [0.2, 0.25) is 0 Å². The molecule has 0 radical (unpaired) electrons. The minimum absolute atomic E-state index is 0.138. The van der Waals surface area contributed by atoms with Gasteiger partial charge in [0.2, 0.25) is 5.95 Å². The van der Waals surface area contributed by atoms with Gasteiger partial charge in [0.1, 0.15) is 5.82 Å². The van der Waals surface area contributed by atoms with Crippen LogP contribution in [-0.4, -0.2) is 38.7 Å². The zero-order chi connectivity index (χ0) is 16.5. The Bertz CT molecular complexity index is 623. The van der Waals surface area contributed by atoms with E-state index in [1.807, 2.05) is 0 Å². The van der Waals surface area contributed by atoms with E-state index >= 15 is 0 Å². The van der Waals surface area contributed by atoms with E-state index in [-0.39, 0.29) is 11.1 Å². The topological polar surface area (TPSA) is 113 Å². The SMILES string of the molecule is C=CCCNc1nc(N[C@]23CC[C@@](O)(CC2)C3)ncc1C(N)=O. The molecular formula is C16H23N5O2. The molecule has 3 rings (SSSR count). The van der Waals surface area contributed by atoms with Crippen LogP contribution in [0.3, 0.4) is 0 Å².